The van der Waals surface area contributed by atoms with Crippen molar-refractivity contribution < 1.29 is 0 Å². The van der Waals surface area contributed by atoms with E-state index in [1.807, 2.05) is 12.1 Å². The summed E-state index contributed by atoms with van der Waals surface area (Å²) in [6.07, 6.45) is 0. The van der Waals surface area contributed by atoms with Crippen LogP contribution < -0.4 is 11.5 Å². The van der Waals surface area contributed by atoms with Crippen molar-refractivity contribution in [1.82, 2.24) is 14.8 Å². The lowest BCUT2D eigenvalue weighted by Gasteiger charge is -2.03. The van der Waals surface area contributed by atoms with Gasteiger partial charge in [-0.15, -0.1) is 5.10 Å². The molecular formula is C8H8ClN5. The number of hydrogen-bond donors (Lipinski definition) is 2. The smallest absolute Gasteiger partial charge is 0.241 e. The third kappa shape index (κ3) is 1.38. The molecule has 0 fully saturated rings. The van der Waals surface area contributed by atoms with Gasteiger partial charge in [-0.1, -0.05) is 23.7 Å². The zero-order valence-corrected chi connectivity index (χ0v) is 7.94. The van der Waals surface area contributed by atoms with Gasteiger partial charge in [-0.25, -0.2) is 0 Å². The SMILES string of the molecule is Nc1nc(N)n(-c2ccccc2Cl)n1. The van der Waals surface area contributed by atoms with Gasteiger partial charge in [-0.2, -0.15) is 9.67 Å². The Bertz CT molecular complexity index is 465. The van der Waals surface area contributed by atoms with E-state index >= 15 is 0 Å². The molecule has 0 saturated heterocycles. The third-order valence-electron chi connectivity index (χ3n) is 1.73. The maximum Gasteiger partial charge on any atom is 0.241 e. The molecule has 4 N–H and O–H groups in total. The molecule has 0 aliphatic carbocycles. The molecule has 14 heavy (non-hydrogen) atoms. The van der Waals surface area contributed by atoms with Gasteiger partial charge in [0.15, 0.2) is 0 Å². The van der Waals surface area contributed by atoms with Gasteiger partial charge >= 0.3 is 0 Å². The molecule has 0 bridgehead atoms. The quantitative estimate of drug-likeness (QED) is 0.737. The maximum atomic E-state index is 5.96. The number of rotatable bonds is 1. The van der Waals surface area contributed by atoms with Crippen LogP contribution in [0.15, 0.2) is 24.3 Å². The Morgan fingerprint density at radius 2 is 1.93 bits per heavy atom. The lowest BCUT2D eigenvalue weighted by molar-refractivity contribution is 0.896. The number of halogens is 1. The topological polar surface area (TPSA) is 82.7 Å². The van der Waals surface area contributed by atoms with Crippen molar-refractivity contribution in [2.45, 2.75) is 0 Å². The molecule has 0 saturated carbocycles. The number of hydrogen-bond acceptors (Lipinski definition) is 4. The van der Waals surface area contributed by atoms with Crippen molar-refractivity contribution in [3.8, 4) is 5.69 Å². The molecule has 0 spiro atoms. The van der Waals surface area contributed by atoms with Crippen LogP contribution in [-0.2, 0) is 0 Å². The molecular weight excluding hydrogens is 202 g/mol. The second kappa shape index (κ2) is 3.19. The number of nitrogen functional groups attached to an aromatic ring is 2. The van der Waals surface area contributed by atoms with E-state index in [0.29, 0.717) is 10.7 Å². The van der Waals surface area contributed by atoms with Crippen molar-refractivity contribution in [3.63, 3.8) is 0 Å². The number of nitrogens with two attached hydrogens (primary N) is 2. The highest BCUT2D eigenvalue weighted by Crippen LogP contribution is 2.21. The first kappa shape index (κ1) is 8.83. The molecule has 6 heteroatoms. The number of aromatic nitrogens is 3. The molecule has 0 unspecified atom stereocenters. The van der Waals surface area contributed by atoms with Crippen molar-refractivity contribution in [3.05, 3.63) is 29.3 Å². The molecule has 0 radical (unpaired) electrons. The Labute approximate surface area is 85.3 Å². The average Bonchev–Trinajstić information content (AvgIpc) is 2.46. The minimum absolute atomic E-state index is 0.127. The van der Waals surface area contributed by atoms with E-state index in [9.17, 15) is 0 Å². The molecule has 2 aromatic rings. The largest absolute Gasteiger partial charge is 0.368 e. The Kier molecular flexibility index (Phi) is 2.01. The van der Waals surface area contributed by atoms with Gasteiger partial charge in [0.1, 0.15) is 0 Å². The maximum absolute atomic E-state index is 5.96. The first-order chi connectivity index (χ1) is 6.68. The molecule has 1 aromatic carbocycles. The average molecular weight is 210 g/mol. The zero-order chi connectivity index (χ0) is 10.1. The summed E-state index contributed by atoms with van der Waals surface area (Å²) in [4.78, 5) is 3.78. The van der Waals surface area contributed by atoms with E-state index in [1.54, 1.807) is 12.1 Å². The Hall–Kier alpha value is -1.75. The summed E-state index contributed by atoms with van der Waals surface area (Å²) < 4.78 is 1.40. The van der Waals surface area contributed by atoms with Crippen LogP contribution in [0.5, 0.6) is 0 Å². The van der Waals surface area contributed by atoms with Gasteiger partial charge in [0, 0.05) is 0 Å². The van der Waals surface area contributed by atoms with Crippen LogP contribution in [0.1, 0.15) is 0 Å². The second-order valence-corrected chi connectivity index (χ2v) is 3.10. The molecule has 0 atom stereocenters. The fourth-order valence-corrected chi connectivity index (χ4v) is 1.36. The Balaban J connectivity index is 2.60. The molecule has 0 aliphatic heterocycles. The number of nitrogens with zero attached hydrogens (tertiary/aromatic N) is 3. The Morgan fingerprint density at radius 1 is 1.21 bits per heavy atom. The minimum Gasteiger partial charge on any atom is -0.368 e. The molecule has 0 aliphatic rings. The van der Waals surface area contributed by atoms with E-state index in [1.165, 1.54) is 4.68 Å². The van der Waals surface area contributed by atoms with E-state index < -0.39 is 0 Å². The van der Waals surface area contributed by atoms with Gasteiger partial charge in [0.05, 0.1) is 10.7 Å². The summed E-state index contributed by atoms with van der Waals surface area (Å²) in [5.74, 6) is 0.345. The van der Waals surface area contributed by atoms with Gasteiger partial charge in [0.2, 0.25) is 11.9 Å². The van der Waals surface area contributed by atoms with Crippen molar-refractivity contribution in [2.24, 2.45) is 0 Å². The van der Waals surface area contributed by atoms with E-state index in [0.717, 1.165) is 0 Å². The summed E-state index contributed by atoms with van der Waals surface area (Å²) in [5, 5.41) is 4.46. The second-order valence-electron chi connectivity index (χ2n) is 2.69. The fraction of sp³-hybridized carbons (Fsp3) is 0. The molecule has 1 heterocycles. The fourth-order valence-electron chi connectivity index (χ4n) is 1.14. The normalized spacial score (nSPS) is 10.4. The van der Waals surface area contributed by atoms with Crippen LogP contribution in [-0.4, -0.2) is 14.8 Å². The van der Waals surface area contributed by atoms with Crippen LogP contribution >= 0.6 is 11.6 Å². The van der Waals surface area contributed by atoms with Crippen LogP contribution in [0.3, 0.4) is 0 Å². The summed E-state index contributed by atoms with van der Waals surface area (Å²) in [5.41, 5.74) is 11.7. The molecule has 1 aromatic heterocycles. The number of para-hydroxylation sites is 1. The van der Waals surface area contributed by atoms with Crippen LogP contribution in [0, 0.1) is 0 Å². The van der Waals surface area contributed by atoms with Crippen molar-refractivity contribution >= 4 is 23.5 Å². The molecule has 0 amide bonds. The van der Waals surface area contributed by atoms with Gasteiger partial charge in [0.25, 0.3) is 0 Å². The van der Waals surface area contributed by atoms with E-state index in [4.69, 9.17) is 23.1 Å². The van der Waals surface area contributed by atoms with E-state index in [2.05, 4.69) is 10.1 Å². The number of anilines is 2. The van der Waals surface area contributed by atoms with Crippen molar-refractivity contribution in [1.29, 1.82) is 0 Å². The summed E-state index contributed by atoms with van der Waals surface area (Å²) >= 11 is 5.96. The van der Waals surface area contributed by atoms with E-state index in [-0.39, 0.29) is 11.9 Å². The summed E-state index contributed by atoms with van der Waals surface area (Å²) in [6.45, 7) is 0. The first-order valence-electron chi connectivity index (χ1n) is 3.91. The summed E-state index contributed by atoms with van der Waals surface area (Å²) in [7, 11) is 0. The van der Waals surface area contributed by atoms with Crippen LogP contribution in [0.2, 0.25) is 5.02 Å². The lowest BCUT2D eigenvalue weighted by Crippen LogP contribution is -2.02. The van der Waals surface area contributed by atoms with Crippen LogP contribution in [0.4, 0.5) is 11.9 Å². The standard InChI is InChI=1S/C8H8ClN5/c9-5-3-1-2-4-6(5)14-8(11)12-7(10)13-14/h1-4H,(H4,10,11,12,13). The monoisotopic (exact) mass is 209 g/mol. The first-order valence-corrected chi connectivity index (χ1v) is 4.29. The molecule has 2 rings (SSSR count). The minimum atomic E-state index is 0.127. The zero-order valence-electron chi connectivity index (χ0n) is 7.18. The highest BCUT2D eigenvalue weighted by molar-refractivity contribution is 6.32. The highest BCUT2D eigenvalue weighted by atomic mass is 35.5. The molecule has 72 valence electrons. The highest BCUT2D eigenvalue weighted by Gasteiger charge is 2.08. The third-order valence-corrected chi connectivity index (χ3v) is 2.05. The predicted molar refractivity (Wildman–Crippen MR) is 55.2 cm³/mol. The van der Waals surface area contributed by atoms with Gasteiger partial charge in [-0.05, 0) is 12.1 Å². The number of benzene rings is 1. The van der Waals surface area contributed by atoms with Gasteiger partial charge in [-0.3, -0.25) is 0 Å². The molecule has 5 nitrogen and oxygen atoms in total. The Morgan fingerprint density at radius 3 is 2.50 bits per heavy atom. The predicted octanol–water partition coefficient (Wildman–Crippen LogP) is 1.09. The van der Waals surface area contributed by atoms with Crippen LogP contribution in [0.25, 0.3) is 5.69 Å². The van der Waals surface area contributed by atoms with Gasteiger partial charge < -0.3 is 11.5 Å². The summed E-state index contributed by atoms with van der Waals surface area (Å²) in [6, 6.07) is 7.18. The lowest BCUT2D eigenvalue weighted by atomic mass is 10.3. The van der Waals surface area contributed by atoms with Crippen molar-refractivity contribution in [2.75, 3.05) is 11.5 Å².